The lowest BCUT2D eigenvalue weighted by Crippen LogP contribution is -2.51. The van der Waals surface area contributed by atoms with E-state index in [-0.39, 0.29) is 13.1 Å². The standard InChI is InChI=1S/C13H7ClF4N4O3/c14-6-3-7(15)9(4-8(6)22(24)25)21-11(23)5-10(13(16,17)18)20-2-1-19-12(20)21/h3-5H,1-2H2. The maximum Gasteiger partial charge on any atom is 0.431 e. The minimum Gasteiger partial charge on any atom is -0.305 e. The second kappa shape index (κ2) is 5.69. The molecule has 0 radical (unpaired) electrons. The van der Waals surface area contributed by atoms with Crippen LogP contribution in [0.2, 0.25) is 5.02 Å². The Morgan fingerprint density at radius 2 is 2.00 bits per heavy atom. The first-order chi connectivity index (χ1) is 11.6. The van der Waals surface area contributed by atoms with Crippen molar-refractivity contribution in [3.05, 3.63) is 44.9 Å². The van der Waals surface area contributed by atoms with Crippen LogP contribution in [0.1, 0.15) is 0 Å². The van der Waals surface area contributed by atoms with Crippen molar-refractivity contribution in [3.8, 4) is 0 Å². The van der Waals surface area contributed by atoms with Crippen molar-refractivity contribution in [1.82, 2.24) is 4.90 Å². The number of hydrogen-bond donors (Lipinski definition) is 0. The predicted octanol–water partition coefficient (Wildman–Crippen LogP) is 2.85. The number of carbonyl (C=O) groups is 1. The zero-order valence-corrected chi connectivity index (χ0v) is 12.8. The van der Waals surface area contributed by atoms with Gasteiger partial charge in [-0.2, -0.15) is 13.2 Å². The van der Waals surface area contributed by atoms with Crippen LogP contribution < -0.4 is 4.90 Å². The van der Waals surface area contributed by atoms with Crippen LogP contribution in [-0.2, 0) is 4.79 Å². The van der Waals surface area contributed by atoms with E-state index >= 15 is 0 Å². The van der Waals surface area contributed by atoms with Crippen molar-refractivity contribution in [1.29, 1.82) is 0 Å². The van der Waals surface area contributed by atoms with Gasteiger partial charge in [0.15, 0.2) is 0 Å². The summed E-state index contributed by atoms with van der Waals surface area (Å²) in [5.41, 5.74) is -2.53. The highest BCUT2D eigenvalue weighted by atomic mass is 35.5. The summed E-state index contributed by atoms with van der Waals surface area (Å²) in [7, 11) is 0. The van der Waals surface area contributed by atoms with Crippen LogP contribution in [0, 0.1) is 15.9 Å². The van der Waals surface area contributed by atoms with Crippen LogP contribution in [0.4, 0.5) is 28.9 Å². The Hall–Kier alpha value is -2.69. The molecule has 0 aromatic heterocycles. The summed E-state index contributed by atoms with van der Waals surface area (Å²) >= 11 is 5.58. The molecule has 0 aliphatic carbocycles. The first kappa shape index (κ1) is 17.1. The van der Waals surface area contributed by atoms with E-state index in [0.29, 0.717) is 28.0 Å². The van der Waals surface area contributed by atoms with Crippen LogP contribution in [-0.4, -0.2) is 41.0 Å². The van der Waals surface area contributed by atoms with Gasteiger partial charge in [0.2, 0.25) is 5.96 Å². The van der Waals surface area contributed by atoms with Gasteiger partial charge in [0.25, 0.3) is 11.6 Å². The molecule has 0 fully saturated rings. The van der Waals surface area contributed by atoms with E-state index < -0.39 is 50.9 Å². The molecule has 0 bridgehead atoms. The Labute approximate surface area is 141 Å². The number of nitro benzene ring substituents is 1. The van der Waals surface area contributed by atoms with Crippen molar-refractivity contribution in [3.63, 3.8) is 0 Å². The van der Waals surface area contributed by atoms with Gasteiger partial charge in [-0.05, 0) is 0 Å². The first-order valence-corrected chi connectivity index (χ1v) is 7.07. The largest absolute Gasteiger partial charge is 0.431 e. The third-order valence-corrected chi connectivity index (χ3v) is 3.84. The number of guanidine groups is 1. The smallest absolute Gasteiger partial charge is 0.305 e. The van der Waals surface area contributed by atoms with Crippen molar-refractivity contribution >= 4 is 34.8 Å². The number of aliphatic imine (C=N–C) groups is 1. The molecule has 25 heavy (non-hydrogen) atoms. The highest BCUT2D eigenvalue weighted by molar-refractivity contribution is 6.33. The average molecular weight is 379 g/mol. The number of alkyl halides is 3. The molecule has 0 spiro atoms. The van der Waals surface area contributed by atoms with E-state index in [4.69, 9.17) is 11.6 Å². The number of anilines is 1. The van der Waals surface area contributed by atoms with E-state index in [2.05, 4.69) is 4.99 Å². The van der Waals surface area contributed by atoms with Crippen LogP contribution in [0.5, 0.6) is 0 Å². The van der Waals surface area contributed by atoms with Gasteiger partial charge >= 0.3 is 6.18 Å². The van der Waals surface area contributed by atoms with Crippen molar-refractivity contribution in [2.75, 3.05) is 18.0 Å². The number of hydrogen-bond acceptors (Lipinski definition) is 5. The number of allylic oxidation sites excluding steroid dienone is 1. The highest BCUT2D eigenvalue weighted by Crippen LogP contribution is 2.38. The molecule has 1 aromatic rings. The van der Waals surface area contributed by atoms with Crippen molar-refractivity contribution < 1.29 is 27.3 Å². The number of benzene rings is 1. The third kappa shape index (κ3) is 2.80. The van der Waals surface area contributed by atoms with Crippen molar-refractivity contribution in [2.24, 2.45) is 4.99 Å². The molecule has 12 heteroatoms. The summed E-state index contributed by atoms with van der Waals surface area (Å²) in [6.07, 6.45) is -4.51. The lowest BCUT2D eigenvalue weighted by Gasteiger charge is -2.34. The van der Waals surface area contributed by atoms with Gasteiger partial charge in [0, 0.05) is 24.8 Å². The SMILES string of the molecule is O=C1C=C(C(F)(F)F)N2CCN=C2N1c1cc([N+](=O)[O-])c(Cl)cc1F. The van der Waals surface area contributed by atoms with Crippen LogP contribution in [0.15, 0.2) is 28.9 Å². The number of fused-ring (bicyclic) bond motifs is 1. The van der Waals surface area contributed by atoms with Crippen LogP contribution in [0.3, 0.4) is 0 Å². The Morgan fingerprint density at radius 1 is 1.32 bits per heavy atom. The molecule has 2 aliphatic heterocycles. The Morgan fingerprint density at radius 3 is 2.60 bits per heavy atom. The fourth-order valence-corrected chi connectivity index (χ4v) is 2.73. The van der Waals surface area contributed by atoms with Gasteiger partial charge in [-0.1, -0.05) is 11.6 Å². The molecule has 132 valence electrons. The lowest BCUT2D eigenvalue weighted by atomic mass is 10.2. The lowest BCUT2D eigenvalue weighted by molar-refractivity contribution is -0.384. The molecule has 7 nitrogen and oxygen atoms in total. The number of carbonyl (C=O) groups excluding carboxylic acids is 1. The molecule has 0 unspecified atom stereocenters. The normalized spacial score (nSPS) is 17.4. The zero-order valence-electron chi connectivity index (χ0n) is 12.0. The van der Waals surface area contributed by atoms with Gasteiger partial charge in [-0.3, -0.25) is 19.9 Å². The summed E-state index contributed by atoms with van der Waals surface area (Å²) in [5.74, 6) is -2.78. The summed E-state index contributed by atoms with van der Waals surface area (Å²) in [6.45, 7) is -0.217. The molecule has 1 aromatic carbocycles. The molecule has 2 aliphatic rings. The average Bonchev–Trinajstić information content (AvgIpc) is 2.95. The highest BCUT2D eigenvalue weighted by Gasteiger charge is 2.47. The molecular formula is C13H7ClF4N4O3. The van der Waals surface area contributed by atoms with Gasteiger partial charge < -0.3 is 4.90 Å². The topological polar surface area (TPSA) is 79.0 Å². The zero-order chi connectivity index (χ0) is 18.5. The second-order valence-electron chi connectivity index (χ2n) is 5.05. The molecule has 3 rings (SSSR count). The molecule has 0 N–H and O–H groups in total. The van der Waals surface area contributed by atoms with Gasteiger partial charge in [-0.25, -0.2) is 9.29 Å². The Kier molecular flexibility index (Phi) is 3.90. The monoisotopic (exact) mass is 378 g/mol. The Balaban J connectivity index is 2.16. The number of rotatable bonds is 2. The fourth-order valence-electron chi connectivity index (χ4n) is 2.51. The van der Waals surface area contributed by atoms with Crippen LogP contribution >= 0.6 is 11.6 Å². The van der Waals surface area contributed by atoms with Gasteiger partial charge in [0.05, 0.1) is 17.2 Å². The van der Waals surface area contributed by atoms with E-state index in [9.17, 15) is 32.5 Å². The van der Waals surface area contributed by atoms with E-state index in [1.807, 2.05) is 0 Å². The first-order valence-electron chi connectivity index (χ1n) is 6.69. The van der Waals surface area contributed by atoms with Gasteiger partial charge in [-0.15, -0.1) is 0 Å². The number of nitrogens with zero attached hydrogens (tertiary/aromatic N) is 4. The predicted molar refractivity (Wildman–Crippen MR) is 78.7 cm³/mol. The minimum absolute atomic E-state index is 0.0518. The van der Waals surface area contributed by atoms with E-state index in [1.54, 1.807) is 0 Å². The van der Waals surface area contributed by atoms with E-state index in [0.717, 1.165) is 0 Å². The number of nitro groups is 1. The summed E-state index contributed by atoms with van der Waals surface area (Å²) in [5, 5.41) is 10.4. The summed E-state index contributed by atoms with van der Waals surface area (Å²) in [6, 6.07) is 1.30. The van der Waals surface area contributed by atoms with Crippen molar-refractivity contribution in [2.45, 2.75) is 6.18 Å². The molecule has 0 saturated carbocycles. The molecule has 2 heterocycles. The van der Waals surface area contributed by atoms with E-state index in [1.165, 1.54) is 0 Å². The summed E-state index contributed by atoms with van der Waals surface area (Å²) in [4.78, 5) is 27.3. The van der Waals surface area contributed by atoms with Crippen LogP contribution in [0.25, 0.3) is 0 Å². The maximum absolute atomic E-state index is 14.2. The minimum atomic E-state index is -4.81. The maximum atomic E-state index is 14.2. The quantitative estimate of drug-likeness (QED) is 0.450. The Bertz CT molecular complexity index is 852. The number of halogens is 5. The third-order valence-electron chi connectivity index (χ3n) is 3.53. The second-order valence-corrected chi connectivity index (χ2v) is 5.45. The number of amides is 1. The summed E-state index contributed by atoms with van der Waals surface area (Å²) < 4.78 is 53.4. The molecule has 1 amide bonds. The molecular weight excluding hydrogens is 372 g/mol. The molecule has 0 atom stereocenters. The molecule has 0 saturated heterocycles. The fraction of sp³-hybridized carbons (Fsp3) is 0.231. The van der Waals surface area contributed by atoms with Gasteiger partial charge in [0.1, 0.15) is 16.5 Å².